The van der Waals surface area contributed by atoms with Gasteiger partial charge in [0, 0.05) is 30.9 Å². The van der Waals surface area contributed by atoms with Crippen molar-refractivity contribution in [2.45, 2.75) is 56.8 Å². The lowest BCUT2D eigenvalue weighted by Gasteiger charge is -2.35. The number of nitrogens with one attached hydrogen (secondary N) is 1. The fourth-order valence-electron chi connectivity index (χ4n) is 3.78. The van der Waals surface area contributed by atoms with Gasteiger partial charge in [0.2, 0.25) is 0 Å². The Bertz CT molecular complexity index is 1450. The molecule has 41 heavy (non-hydrogen) atoms. The number of hydrogen-bond donors (Lipinski definition) is 1. The molecule has 226 valence electrons. The number of alkyl halides is 6. The van der Waals surface area contributed by atoms with Crippen LogP contribution in [0.1, 0.15) is 42.3 Å². The van der Waals surface area contributed by atoms with Crippen LogP contribution in [0.3, 0.4) is 0 Å². The summed E-state index contributed by atoms with van der Waals surface area (Å²) in [5.74, 6) is -1.53. The highest BCUT2D eigenvalue weighted by Gasteiger charge is 2.44. The number of morpholine rings is 1. The van der Waals surface area contributed by atoms with Crippen LogP contribution in [0.25, 0.3) is 0 Å². The summed E-state index contributed by atoms with van der Waals surface area (Å²) in [4.78, 5) is 34.1. The summed E-state index contributed by atoms with van der Waals surface area (Å²) in [7, 11) is -3.49. The first-order chi connectivity index (χ1) is 18.7. The minimum atomic E-state index is -4.91. The molecule has 1 fully saturated rings. The molecule has 17 heteroatoms. The Morgan fingerprint density at radius 1 is 1.17 bits per heavy atom. The van der Waals surface area contributed by atoms with E-state index in [1.54, 1.807) is 20.8 Å². The summed E-state index contributed by atoms with van der Waals surface area (Å²) in [5, 5.41) is 2.10. The van der Waals surface area contributed by atoms with Crippen molar-refractivity contribution in [1.82, 2.24) is 9.97 Å². The van der Waals surface area contributed by atoms with Crippen LogP contribution in [-0.2, 0) is 25.4 Å². The maximum absolute atomic E-state index is 13.7. The smallest absolute Gasteiger partial charge is 0.442 e. The molecule has 3 rings (SSSR count). The van der Waals surface area contributed by atoms with E-state index < -0.39 is 81.4 Å². The Morgan fingerprint density at radius 2 is 1.83 bits per heavy atom. The molecule has 2 amide bonds. The van der Waals surface area contributed by atoms with Crippen LogP contribution in [0.15, 0.2) is 33.9 Å². The van der Waals surface area contributed by atoms with Gasteiger partial charge in [0.05, 0.1) is 24.3 Å². The lowest BCUT2D eigenvalue weighted by Crippen LogP contribution is -2.50. The van der Waals surface area contributed by atoms with Crippen molar-refractivity contribution < 1.29 is 49.6 Å². The number of rotatable bonds is 4. The second kappa shape index (κ2) is 11.4. The van der Waals surface area contributed by atoms with Crippen LogP contribution < -0.4 is 10.2 Å². The topological polar surface area (TPSA) is 123 Å². The summed E-state index contributed by atoms with van der Waals surface area (Å²) >= 11 is 0. The van der Waals surface area contributed by atoms with Gasteiger partial charge in [0.25, 0.3) is 5.91 Å². The van der Waals surface area contributed by atoms with Gasteiger partial charge >= 0.3 is 18.4 Å². The first kappa shape index (κ1) is 32.0. The average Bonchev–Trinajstić information content (AvgIpc) is 2.81. The molecule has 0 aromatic carbocycles. The third-order valence-electron chi connectivity index (χ3n) is 5.61. The van der Waals surface area contributed by atoms with Gasteiger partial charge in [-0.05, 0) is 45.4 Å². The lowest BCUT2D eigenvalue weighted by atomic mass is 10.0. The number of pyridine rings is 2. The van der Waals surface area contributed by atoms with Crippen molar-refractivity contribution in [3.8, 4) is 0 Å². The third kappa shape index (κ3) is 8.06. The van der Waals surface area contributed by atoms with Gasteiger partial charge < -0.3 is 19.7 Å². The molecule has 0 aliphatic carbocycles. The van der Waals surface area contributed by atoms with E-state index in [1.165, 1.54) is 6.07 Å². The molecule has 2 atom stereocenters. The first-order valence-electron chi connectivity index (χ1n) is 11.9. The fourth-order valence-corrected chi connectivity index (χ4v) is 4.80. The quantitative estimate of drug-likeness (QED) is 0.468. The second-order valence-corrected chi connectivity index (χ2v) is 12.3. The Balaban J connectivity index is 2.01. The van der Waals surface area contributed by atoms with E-state index in [9.17, 15) is 40.1 Å². The van der Waals surface area contributed by atoms with Crippen LogP contribution in [0.2, 0.25) is 0 Å². The van der Waals surface area contributed by atoms with Crippen molar-refractivity contribution in [2.75, 3.05) is 36.2 Å². The summed E-state index contributed by atoms with van der Waals surface area (Å²) in [5.41, 5.74) is -3.45. The van der Waals surface area contributed by atoms with Crippen LogP contribution in [-0.4, -0.2) is 70.0 Å². The van der Waals surface area contributed by atoms with E-state index in [4.69, 9.17) is 9.47 Å². The van der Waals surface area contributed by atoms with E-state index in [2.05, 4.69) is 19.6 Å². The molecule has 3 heterocycles. The lowest BCUT2D eigenvalue weighted by molar-refractivity contribution is -0.221. The van der Waals surface area contributed by atoms with Crippen LogP contribution >= 0.6 is 0 Å². The first-order valence-corrected chi connectivity index (χ1v) is 13.8. The molecule has 1 unspecified atom stereocenters. The average molecular weight is 612 g/mol. The molecule has 0 bridgehead atoms. The summed E-state index contributed by atoms with van der Waals surface area (Å²) in [6, 6.07) is 2.33. The van der Waals surface area contributed by atoms with E-state index in [0.29, 0.717) is 6.20 Å². The van der Waals surface area contributed by atoms with E-state index in [-0.39, 0.29) is 17.3 Å². The number of halogens is 6. The summed E-state index contributed by atoms with van der Waals surface area (Å²) in [6.07, 6.45) is -10.4. The van der Waals surface area contributed by atoms with Gasteiger partial charge in [-0.2, -0.15) is 26.3 Å². The van der Waals surface area contributed by atoms with Gasteiger partial charge in [-0.25, -0.2) is 19.0 Å². The summed E-state index contributed by atoms with van der Waals surface area (Å²) < 4.78 is 107. The van der Waals surface area contributed by atoms with Crippen LogP contribution in [0.4, 0.5) is 42.6 Å². The fraction of sp³-hybridized carbons (Fsp3) is 0.500. The van der Waals surface area contributed by atoms with Gasteiger partial charge in [-0.1, -0.05) is 0 Å². The molecule has 10 nitrogen and oxygen atoms in total. The van der Waals surface area contributed by atoms with Gasteiger partial charge in [0.15, 0.2) is 6.10 Å². The minimum absolute atomic E-state index is 0.0909. The highest BCUT2D eigenvalue weighted by atomic mass is 32.2. The zero-order valence-corrected chi connectivity index (χ0v) is 23.3. The normalized spacial score (nSPS) is 17.9. The molecule has 1 aliphatic rings. The Morgan fingerprint density at radius 3 is 2.41 bits per heavy atom. The van der Waals surface area contributed by atoms with Gasteiger partial charge in [0.1, 0.15) is 26.2 Å². The van der Waals surface area contributed by atoms with E-state index >= 15 is 0 Å². The SMILES string of the molecule is Cc1c(C(F)(F)F)cnc(N2CCOC(C(F)(F)F)C2)c1C(=O)Nc1ccnc([S@@](C)(=O)=NC(=O)OC(C)(C)C)c1. The van der Waals surface area contributed by atoms with Crippen molar-refractivity contribution in [2.24, 2.45) is 4.36 Å². The van der Waals surface area contributed by atoms with Crippen LogP contribution in [0, 0.1) is 6.92 Å². The number of anilines is 2. The number of carbonyl (C=O) groups excluding carboxylic acids is 2. The Labute approximate surface area is 231 Å². The number of hydrogen-bond acceptors (Lipinski definition) is 8. The van der Waals surface area contributed by atoms with Gasteiger partial charge in [-0.3, -0.25) is 4.79 Å². The molecule has 0 radical (unpaired) electrons. The van der Waals surface area contributed by atoms with E-state index in [1.807, 2.05) is 0 Å². The number of aromatic nitrogens is 2. The standard InChI is InChI=1S/C24H27F6N5O5S/c1-13-15(23(25,26)27)11-32-19(35-8-9-39-16(12-35)24(28,29)30)18(13)20(36)33-14-6-7-31-17(10-14)41(5,38)34-21(37)40-22(2,3)4/h6-7,10-11,16H,8-9,12H2,1-5H3,(H,31,33,36)/t16?,41-/m1/s1. The molecular formula is C24H27F6N5O5S. The third-order valence-corrected chi connectivity index (χ3v) is 7.10. The van der Waals surface area contributed by atoms with Crippen molar-refractivity contribution in [3.63, 3.8) is 0 Å². The maximum atomic E-state index is 13.7. The molecule has 0 spiro atoms. The Kier molecular flexibility index (Phi) is 8.93. The highest BCUT2D eigenvalue weighted by molar-refractivity contribution is 7.93. The maximum Gasteiger partial charge on any atom is 0.442 e. The van der Waals surface area contributed by atoms with Gasteiger partial charge in [-0.15, -0.1) is 4.36 Å². The van der Waals surface area contributed by atoms with Crippen molar-refractivity contribution in [3.05, 3.63) is 41.2 Å². The molecular weight excluding hydrogens is 584 g/mol. The number of amides is 2. The largest absolute Gasteiger partial charge is 0.442 e. The predicted octanol–water partition coefficient (Wildman–Crippen LogP) is 5.22. The number of nitrogens with zero attached hydrogens (tertiary/aromatic N) is 4. The Hall–Kier alpha value is -3.47. The molecule has 1 aliphatic heterocycles. The zero-order valence-electron chi connectivity index (χ0n) is 22.5. The second-order valence-electron chi connectivity index (χ2n) is 10.1. The number of carbonyl (C=O) groups is 2. The number of ether oxygens (including phenoxy) is 2. The monoisotopic (exact) mass is 611 g/mol. The molecule has 1 saturated heterocycles. The predicted molar refractivity (Wildman–Crippen MR) is 135 cm³/mol. The van der Waals surface area contributed by atoms with E-state index in [0.717, 1.165) is 30.3 Å². The van der Waals surface area contributed by atoms with Crippen LogP contribution in [0.5, 0.6) is 0 Å². The molecule has 2 aromatic rings. The van der Waals surface area contributed by atoms with Crippen molar-refractivity contribution in [1.29, 1.82) is 0 Å². The molecule has 0 saturated carbocycles. The minimum Gasteiger partial charge on any atom is -0.442 e. The molecule has 1 N–H and O–H groups in total. The van der Waals surface area contributed by atoms with Crippen molar-refractivity contribution >= 4 is 33.2 Å². The highest BCUT2D eigenvalue weighted by Crippen LogP contribution is 2.37. The molecule has 2 aromatic heterocycles. The zero-order chi connectivity index (χ0) is 31.0. The summed E-state index contributed by atoms with van der Waals surface area (Å²) in [6.45, 7) is 4.34.